The summed E-state index contributed by atoms with van der Waals surface area (Å²) in [6.07, 6.45) is 0. The largest absolute Gasteiger partial charge is 0.495 e. The average Bonchev–Trinajstić information content (AvgIpc) is 2.74. The molecule has 2 N–H and O–H groups in total. The van der Waals surface area contributed by atoms with Gasteiger partial charge in [-0.1, -0.05) is 41.9 Å². The summed E-state index contributed by atoms with van der Waals surface area (Å²) >= 11 is 6.10. The Morgan fingerprint density at radius 2 is 1.76 bits per heavy atom. The molecule has 6 heteroatoms. The molecule has 0 saturated carbocycles. The molecule has 3 aromatic rings. The lowest BCUT2D eigenvalue weighted by atomic mass is 10.1. The Balaban J connectivity index is 1.85. The highest BCUT2D eigenvalue weighted by molar-refractivity contribution is 6.32. The number of halogens is 1. The third-order valence-electron chi connectivity index (χ3n) is 4.98. The van der Waals surface area contributed by atoms with Gasteiger partial charge in [0, 0.05) is 12.2 Å². The van der Waals surface area contributed by atoms with Gasteiger partial charge in [-0.05, 0) is 48.7 Å². The monoisotopic (exact) mass is 412 g/mol. The molecule has 2 aromatic carbocycles. The van der Waals surface area contributed by atoms with E-state index in [0.717, 1.165) is 22.4 Å². The Labute approximate surface area is 175 Å². The van der Waals surface area contributed by atoms with E-state index in [0.29, 0.717) is 41.8 Å². The van der Waals surface area contributed by atoms with Crippen LogP contribution in [0.15, 0.2) is 53.3 Å². The Kier molecular flexibility index (Phi) is 6.62. The van der Waals surface area contributed by atoms with E-state index < -0.39 is 0 Å². The lowest BCUT2D eigenvalue weighted by Crippen LogP contribution is -2.25. The highest BCUT2D eigenvalue weighted by Crippen LogP contribution is 2.26. The van der Waals surface area contributed by atoms with Gasteiger partial charge < -0.3 is 19.8 Å². The van der Waals surface area contributed by atoms with Crippen LogP contribution in [0.5, 0.6) is 11.5 Å². The number of ether oxygens (including phenoxy) is 2. The maximum Gasteiger partial charge on any atom is 0.257 e. The van der Waals surface area contributed by atoms with Gasteiger partial charge in [0.15, 0.2) is 0 Å². The molecule has 0 fully saturated rings. The van der Waals surface area contributed by atoms with Crippen molar-refractivity contribution in [2.45, 2.75) is 33.5 Å². The van der Waals surface area contributed by atoms with Crippen LogP contribution in [0.25, 0.3) is 0 Å². The summed E-state index contributed by atoms with van der Waals surface area (Å²) in [5.41, 5.74) is 10.1. The number of hydrogen-bond donors (Lipinski definition) is 1. The normalized spacial score (nSPS) is 10.8. The minimum Gasteiger partial charge on any atom is -0.495 e. The molecule has 152 valence electrons. The SMILES string of the molecule is COc1cc(Cn2c(C)cc(OCc3ccccc3CN)c(C)c2=O)ccc1Cl. The molecule has 3 rings (SSSR count). The molecular weight excluding hydrogens is 388 g/mol. The highest BCUT2D eigenvalue weighted by Gasteiger charge is 2.13. The first-order chi connectivity index (χ1) is 13.9. The number of hydrogen-bond acceptors (Lipinski definition) is 4. The zero-order valence-electron chi connectivity index (χ0n) is 16.9. The number of pyridine rings is 1. The van der Waals surface area contributed by atoms with Crippen molar-refractivity contribution in [1.82, 2.24) is 4.57 Å². The van der Waals surface area contributed by atoms with Gasteiger partial charge in [-0.25, -0.2) is 0 Å². The van der Waals surface area contributed by atoms with Crippen molar-refractivity contribution >= 4 is 11.6 Å². The predicted octanol–water partition coefficient (Wildman–Crippen LogP) is 4.21. The Morgan fingerprint density at radius 3 is 2.45 bits per heavy atom. The molecule has 0 bridgehead atoms. The number of nitrogens with zero attached hydrogens (tertiary/aromatic N) is 1. The molecule has 0 spiro atoms. The van der Waals surface area contributed by atoms with Crippen molar-refractivity contribution in [3.8, 4) is 11.5 Å². The second-order valence-electron chi connectivity index (χ2n) is 6.90. The summed E-state index contributed by atoms with van der Waals surface area (Å²) in [5, 5.41) is 0.540. The fourth-order valence-electron chi connectivity index (χ4n) is 3.23. The summed E-state index contributed by atoms with van der Waals surface area (Å²) in [7, 11) is 1.57. The number of aromatic nitrogens is 1. The highest BCUT2D eigenvalue weighted by atomic mass is 35.5. The zero-order valence-corrected chi connectivity index (χ0v) is 17.6. The molecule has 0 radical (unpaired) electrons. The van der Waals surface area contributed by atoms with Gasteiger partial charge in [-0.3, -0.25) is 4.79 Å². The van der Waals surface area contributed by atoms with Crippen LogP contribution in [-0.4, -0.2) is 11.7 Å². The summed E-state index contributed by atoms with van der Waals surface area (Å²) in [4.78, 5) is 13.0. The summed E-state index contributed by atoms with van der Waals surface area (Å²) in [6, 6.07) is 15.3. The third-order valence-corrected chi connectivity index (χ3v) is 5.29. The average molecular weight is 413 g/mol. The van der Waals surface area contributed by atoms with Gasteiger partial charge in [0.2, 0.25) is 0 Å². The Morgan fingerprint density at radius 1 is 1.03 bits per heavy atom. The molecule has 5 nitrogen and oxygen atoms in total. The van der Waals surface area contributed by atoms with Crippen molar-refractivity contribution in [1.29, 1.82) is 0 Å². The smallest absolute Gasteiger partial charge is 0.257 e. The van der Waals surface area contributed by atoms with Gasteiger partial charge in [0.1, 0.15) is 18.1 Å². The molecule has 0 unspecified atom stereocenters. The molecule has 0 atom stereocenters. The minimum atomic E-state index is -0.0824. The molecule has 0 aliphatic carbocycles. The first-order valence-electron chi connectivity index (χ1n) is 9.37. The topological polar surface area (TPSA) is 66.5 Å². The molecule has 29 heavy (non-hydrogen) atoms. The molecule has 1 heterocycles. The number of nitrogens with two attached hydrogens (primary N) is 1. The summed E-state index contributed by atoms with van der Waals surface area (Å²) < 4.78 is 13.0. The quantitative estimate of drug-likeness (QED) is 0.631. The standard InChI is InChI=1S/C23H25ClN2O3/c1-15-10-21(29-14-19-7-5-4-6-18(19)12-25)16(2)23(27)26(15)13-17-8-9-20(24)22(11-17)28-3/h4-11H,12-14,25H2,1-3H3. The van der Waals surface area contributed by atoms with Crippen molar-refractivity contribution in [2.75, 3.05) is 7.11 Å². The maximum atomic E-state index is 13.0. The van der Waals surface area contributed by atoms with Crippen LogP contribution in [0.4, 0.5) is 0 Å². The maximum absolute atomic E-state index is 13.0. The van der Waals surface area contributed by atoms with E-state index >= 15 is 0 Å². The van der Waals surface area contributed by atoms with E-state index in [-0.39, 0.29) is 5.56 Å². The number of benzene rings is 2. The summed E-state index contributed by atoms with van der Waals surface area (Å²) in [6.45, 7) is 4.92. The van der Waals surface area contributed by atoms with Crippen LogP contribution in [-0.2, 0) is 19.7 Å². The second-order valence-corrected chi connectivity index (χ2v) is 7.30. The zero-order chi connectivity index (χ0) is 21.0. The molecule has 0 aliphatic rings. The van der Waals surface area contributed by atoms with E-state index in [9.17, 15) is 4.79 Å². The lowest BCUT2D eigenvalue weighted by Gasteiger charge is -2.16. The third kappa shape index (κ3) is 4.63. The predicted molar refractivity (Wildman–Crippen MR) is 116 cm³/mol. The van der Waals surface area contributed by atoms with Crippen molar-refractivity contribution < 1.29 is 9.47 Å². The van der Waals surface area contributed by atoms with E-state index in [4.69, 9.17) is 26.8 Å². The first kappa shape index (κ1) is 21.0. The van der Waals surface area contributed by atoms with Crippen LogP contribution < -0.4 is 20.8 Å². The number of aryl methyl sites for hydroxylation is 1. The number of methoxy groups -OCH3 is 1. The van der Waals surface area contributed by atoms with Gasteiger partial charge in [0.25, 0.3) is 5.56 Å². The second kappa shape index (κ2) is 9.16. The van der Waals surface area contributed by atoms with Crippen LogP contribution in [0.2, 0.25) is 5.02 Å². The van der Waals surface area contributed by atoms with E-state index in [1.807, 2.05) is 49.4 Å². The van der Waals surface area contributed by atoms with Gasteiger partial charge >= 0.3 is 0 Å². The minimum absolute atomic E-state index is 0.0824. The van der Waals surface area contributed by atoms with Crippen molar-refractivity contribution in [3.63, 3.8) is 0 Å². The fourth-order valence-corrected chi connectivity index (χ4v) is 3.42. The Bertz CT molecular complexity index is 1080. The van der Waals surface area contributed by atoms with Crippen LogP contribution in [0.3, 0.4) is 0 Å². The van der Waals surface area contributed by atoms with Gasteiger partial charge in [-0.2, -0.15) is 0 Å². The summed E-state index contributed by atoms with van der Waals surface area (Å²) in [5.74, 6) is 1.18. The van der Waals surface area contributed by atoms with Crippen LogP contribution >= 0.6 is 11.6 Å². The molecule has 0 amide bonds. The molecule has 0 saturated heterocycles. The molecule has 1 aromatic heterocycles. The van der Waals surface area contributed by atoms with Gasteiger partial charge in [-0.15, -0.1) is 0 Å². The van der Waals surface area contributed by atoms with E-state index in [2.05, 4.69) is 0 Å². The molecule has 0 aliphatic heterocycles. The van der Waals surface area contributed by atoms with Crippen molar-refractivity contribution in [3.05, 3.63) is 91.9 Å². The van der Waals surface area contributed by atoms with Gasteiger partial charge in [0.05, 0.1) is 24.2 Å². The van der Waals surface area contributed by atoms with E-state index in [1.54, 1.807) is 24.7 Å². The number of rotatable bonds is 7. The van der Waals surface area contributed by atoms with E-state index in [1.165, 1.54) is 0 Å². The van der Waals surface area contributed by atoms with Crippen LogP contribution in [0.1, 0.15) is 27.9 Å². The van der Waals surface area contributed by atoms with Crippen molar-refractivity contribution in [2.24, 2.45) is 5.73 Å². The molecular formula is C23H25ClN2O3. The fraction of sp³-hybridized carbons (Fsp3) is 0.261. The Hall–Kier alpha value is -2.76. The lowest BCUT2D eigenvalue weighted by molar-refractivity contribution is 0.301. The van der Waals surface area contributed by atoms with Crippen LogP contribution in [0, 0.1) is 13.8 Å². The first-order valence-corrected chi connectivity index (χ1v) is 9.75.